The smallest absolute Gasteiger partial charge is 0.419 e. The van der Waals surface area contributed by atoms with Crippen molar-refractivity contribution in [3.63, 3.8) is 0 Å². The number of rotatable bonds is 2. The summed E-state index contributed by atoms with van der Waals surface area (Å²) in [7, 11) is 0. The minimum atomic E-state index is -4.86. The van der Waals surface area contributed by atoms with Crippen LogP contribution in [0.4, 0.5) is 26.3 Å². The summed E-state index contributed by atoms with van der Waals surface area (Å²) in [6, 6.07) is 1.24. The fraction of sp³-hybridized carbons (Fsp3) is 0.333. The van der Waals surface area contributed by atoms with Gasteiger partial charge in [-0.25, -0.2) is 4.39 Å². The van der Waals surface area contributed by atoms with Crippen LogP contribution < -0.4 is 4.74 Å². The van der Waals surface area contributed by atoms with Gasteiger partial charge in [0.2, 0.25) is 0 Å². The number of benzene rings is 1. The molecule has 90 valence electrons. The third kappa shape index (κ3) is 3.32. The second-order valence-corrected chi connectivity index (χ2v) is 3.05. The van der Waals surface area contributed by atoms with Crippen molar-refractivity contribution in [2.45, 2.75) is 19.2 Å². The second-order valence-electron chi connectivity index (χ2n) is 3.05. The van der Waals surface area contributed by atoms with Crippen LogP contribution in [0.1, 0.15) is 12.5 Å². The summed E-state index contributed by atoms with van der Waals surface area (Å²) >= 11 is 0. The van der Waals surface area contributed by atoms with Crippen LogP contribution in [0.3, 0.4) is 0 Å². The van der Waals surface area contributed by atoms with E-state index in [2.05, 4.69) is 4.74 Å². The van der Waals surface area contributed by atoms with Crippen LogP contribution in [0.2, 0.25) is 0 Å². The lowest BCUT2D eigenvalue weighted by molar-refractivity contribution is -0.159. The summed E-state index contributed by atoms with van der Waals surface area (Å²) in [6.07, 6.45) is -8.44. The molecular weight excluding hydrogens is 238 g/mol. The van der Waals surface area contributed by atoms with Gasteiger partial charge >= 0.3 is 12.3 Å². The minimum Gasteiger partial charge on any atom is -0.433 e. The lowest BCUT2D eigenvalue weighted by Gasteiger charge is -2.14. The molecule has 0 spiro atoms. The van der Waals surface area contributed by atoms with E-state index in [0.717, 1.165) is 0 Å². The maximum Gasteiger partial charge on any atom is 0.419 e. The fourth-order valence-electron chi connectivity index (χ4n) is 0.996. The monoisotopic (exact) mass is 244 g/mol. The summed E-state index contributed by atoms with van der Waals surface area (Å²) in [6.45, 7) is 0.391. The van der Waals surface area contributed by atoms with E-state index in [-0.39, 0.29) is 6.07 Å². The molecule has 0 atom stereocenters. The molecule has 0 saturated heterocycles. The Balaban J connectivity index is 3.01. The molecule has 7 heteroatoms. The van der Waals surface area contributed by atoms with Crippen molar-refractivity contribution in [1.29, 1.82) is 0 Å². The molecule has 0 aliphatic rings. The Kier molecular flexibility index (Phi) is 3.07. The minimum absolute atomic E-state index is 0.264. The highest BCUT2D eigenvalue weighted by molar-refractivity contribution is 5.30. The fourth-order valence-corrected chi connectivity index (χ4v) is 0.996. The number of halogens is 6. The van der Waals surface area contributed by atoms with Gasteiger partial charge in [0.05, 0.1) is 5.56 Å². The maximum absolute atomic E-state index is 12.9. The highest BCUT2D eigenvalue weighted by atomic mass is 19.4. The zero-order valence-electron chi connectivity index (χ0n) is 7.91. The number of ether oxygens (including phenoxy) is 1. The Morgan fingerprint density at radius 2 is 1.62 bits per heavy atom. The van der Waals surface area contributed by atoms with Gasteiger partial charge in [0, 0.05) is 13.0 Å². The zero-order valence-corrected chi connectivity index (χ0v) is 7.91. The molecule has 16 heavy (non-hydrogen) atoms. The first-order valence-corrected chi connectivity index (χ1v) is 4.03. The van der Waals surface area contributed by atoms with Gasteiger partial charge in [0.1, 0.15) is 11.6 Å². The van der Waals surface area contributed by atoms with Gasteiger partial charge in [0.25, 0.3) is 0 Å². The molecular formula is C9H6F6O. The van der Waals surface area contributed by atoms with Crippen LogP contribution in [-0.2, 0) is 6.18 Å². The summed E-state index contributed by atoms with van der Waals surface area (Å²) < 4.78 is 77.7. The molecule has 0 fully saturated rings. The number of hydrogen-bond donors (Lipinski definition) is 0. The molecule has 0 amide bonds. The van der Waals surface area contributed by atoms with Crippen LogP contribution >= 0.6 is 0 Å². The van der Waals surface area contributed by atoms with E-state index < -0.39 is 29.4 Å². The van der Waals surface area contributed by atoms with Gasteiger partial charge < -0.3 is 4.74 Å². The average Bonchev–Trinajstić information content (AvgIpc) is 1.97. The van der Waals surface area contributed by atoms with Crippen molar-refractivity contribution in [2.75, 3.05) is 0 Å². The molecule has 1 aromatic carbocycles. The SMILES string of the molecule is CC(F)(F)Oc1ccc(C(F)(F)F)c(F)c1. The van der Waals surface area contributed by atoms with Gasteiger partial charge in [-0.2, -0.15) is 22.0 Å². The molecule has 1 nitrogen and oxygen atoms in total. The van der Waals surface area contributed by atoms with Gasteiger partial charge in [0.15, 0.2) is 0 Å². The van der Waals surface area contributed by atoms with Crippen molar-refractivity contribution in [3.05, 3.63) is 29.6 Å². The Hall–Kier alpha value is -1.40. The van der Waals surface area contributed by atoms with E-state index in [4.69, 9.17) is 0 Å². The van der Waals surface area contributed by atoms with Crippen LogP contribution in [-0.4, -0.2) is 6.11 Å². The van der Waals surface area contributed by atoms with Gasteiger partial charge in [-0.15, -0.1) is 0 Å². The molecule has 0 aliphatic heterocycles. The third-order valence-electron chi connectivity index (χ3n) is 1.54. The largest absolute Gasteiger partial charge is 0.433 e. The van der Waals surface area contributed by atoms with E-state index in [1.54, 1.807) is 0 Å². The molecule has 0 saturated carbocycles. The third-order valence-corrected chi connectivity index (χ3v) is 1.54. The molecule has 0 aliphatic carbocycles. The van der Waals surface area contributed by atoms with Crippen molar-refractivity contribution in [1.82, 2.24) is 0 Å². The first-order valence-electron chi connectivity index (χ1n) is 4.03. The highest BCUT2D eigenvalue weighted by Crippen LogP contribution is 2.33. The van der Waals surface area contributed by atoms with Crippen molar-refractivity contribution in [2.24, 2.45) is 0 Å². The molecule has 0 heterocycles. The van der Waals surface area contributed by atoms with Crippen molar-refractivity contribution in [3.8, 4) is 5.75 Å². The standard InChI is InChI=1S/C9H6F6O/c1-8(11,12)16-5-2-3-6(7(10)4-5)9(13,14)15/h2-4H,1H3. The summed E-state index contributed by atoms with van der Waals surface area (Å²) in [4.78, 5) is 0. The predicted octanol–water partition coefficient (Wildman–Crippen LogP) is 3.84. The van der Waals surface area contributed by atoms with Crippen LogP contribution in [0.25, 0.3) is 0 Å². The summed E-state index contributed by atoms with van der Waals surface area (Å²) in [5, 5.41) is 0. The molecule has 0 N–H and O–H groups in total. The van der Waals surface area contributed by atoms with E-state index >= 15 is 0 Å². The lowest BCUT2D eigenvalue weighted by Crippen LogP contribution is -2.19. The molecule has 0 radical (unpaired) electrons. The normalized spacial score (nSPS) is 12.7. The zero-order chi connectivity index (χ0) is 12.6. The molecule has 1 rings (SSSR count). The Morgan fingerprint density at radius 1 is 1.06 bits per heavy atom. The van der Waals surface area contributed by atoms with E-state index in [9.17, 15) is 26.3 Å². The van der Waals surface area contributed by atoms with Crippen LogP contribution in [0.5, 0.6) is 5.75 Å². The quantitative estimate of drug-likeness (QED) is 0.718. The maximum atomic E-state index is 12.9. The van der Waals surface area contributed by atoms with Gasteiger partial charge in [-0.3, -0.25) is 0 Å². The predicted molar refractivity (Wildman–Crippen MR) is 42.7 cm³/mol. The van der Waals surface area contributed by atoms with E-state index in [1.807, 2.05) is 0 Å². The first-order chi connectivity index (χ1) is 7.09. The average molecular weight is 244 g/mol. The van der Waals surface area contributed by atoms with Gasteiger partial charge in [-0.05, 0) is 12.1 Å². The van der Waals surface area contributed by atoms with Crippen LogP contribution in [0, 0.1) is 5.82 Å². The molecule has 0 unspecified atom stereocenters. The Labute approximate surface area is 86.6 Å². The number of hydrogen-bond acceptors (Lipinski definition) is 1. The van der Waals surface area contributed by atoms with Crippen LogP contribution in [0.15, 0.2) is 18.2 Å². The van der Waals surface area contributed by atoms with E-state index in [0.29, 0.717) is 19.1 Å². The lowest BCUT2D eigenvalue weighted by atomic mass is 10.2. The topological polar surface area (TPSA) is 9.23 Å². The molecule has 0 aromatic heterocycles. The summed E-state index contributed by atoms with van der Waals surface area (Å²) in [5.74, 6) is -2.33. The Morgan fingerprint density at radius 3 is 2.00 bits per heavy atom. The number of alkyl halides is 5. The second kappa shape index (κ2) is 3.88. The van der Waals surface area contributed by atoms with Crippen molar-refractivity contribution < 1.29 is 31.1 Å². The molecule has 1 aromatic rings. The van der Waals surface area contributed by atoms with Crippen molar-refractivity contribution >= 4 is 0 Å². The summed E-state index contributed by atoms with van der Waals surface area (Å²) in [5.41, 5.74) is -1.53. The highest BCUT2D eigenvalue weighted by Gasteiger charge is 2.34. The Bertz CT molecular complexity index is 379. The van der Waals surface area contributed by atoms with Gasteiger partial charge in [-0.1, -0.05) is 0 Å². The first kappa shape index (κ1) is 12.7. The van der Waals surface area contributed by atoms with E-state index in [1.165, 1.54) is 0 Å². The molecule has 0 bridgehead atoms.